The van der Waals surface area contributed by atoms with Crippen molar-refractivity contribution >= 4 is 0 Å². The van der Waals surface area contributed by atoms with Gasteiger partial charge in [0.15, 0.2) is 11.5 Å². The Morgan fingerprint density at radius 3 is 2.29 bits per heavy atom. The molecule has 0 amide bonds. The van der Waals surface area contributed by atoms with Gasteiger partial charge in [-0.15, -0.1) is 0 Å². The standard InChI is InChI=1S/C15H13F3O3/c1-20-14-8-10(2-7-13(14)19)9-21-12-5-3-11(4-6-12)15(16,17)18/h2-8,19H,9H2,1H3. The molecule has 0 bridgehead atoms. The number of hydrogen-bond acceptors (Lipinski definition) is 3. The maximum Gasteiger partial charge on any atom is 0.416 e. The van der Waals surface area contributed by atoms with Crippen molar-refractivity contribution in [1.29, 1.82) is 0 Å². The van der Waals surface area contributed by atoms with Gasteiger partial charge in [-0.2, -0.15) is 13.2 Å². The summed E-state index contributed by atoms with van der Waals surface area (Å²) < 4.78 is 47.6. The summed E-state index contributed by atoms with van der Waals surface area (Å²) in [7, 11) is 1.43. The molecule has 0 spiro atoms. The molecule has 0 unspecified atom stereocenters. The zero-order valence-corrected chi connectivity index (χ0v) is 11.1. The second-order valence-corrected chi connectivity index (χ2v) is 4.32. The lowest BCUT2D eigenvalue weighted by atomic mass is 10.2. The molecule has 0 radical (unpaired) electrons. The van der Waals surface area contributed by atoms with Crippen LogP contribution in [0.15, 0.2) is 42.5 Å². The van der Waals surface area contributed by atoms with Crippen LogP contribution >= 0.6 is 0 Å². The van der Waals surface area contributed by atoms with Crippen molar-refractivity contribution in [3.05, 3.63) is 53.6 Å². The Morgan fingerprint density at radius 2 is 1.71 bits per heavy atom. The van der Waals surface area contributed by atoms with Crippen molar-refractivity contribution < 1.29 is 27.8 Å². The minimum absolute atomic E-state index is 0.00998. The lowest BCUT2D eigenvalue weighted by molar-refractivity contribution is -0.137. The van der Waals surface area contributed by atoms with Crippen LogP contribution in [0.5, 0.6) is 17.2 Å². The summed E-state index contributed by atoms with van der Waals surface area (Å²) in [6.07, 6.45) is -4.36. The minimum atomic E-state index is -4.36. The number of benzene rings is 2. The zero-order chi connectivity index (χ0) is 15.5. The molecule has 1 N–H and O–H groups in total. The number of hydrogen-bond donors (Lipinski definition) is 1. The van der Waals surface area contributed by atoms with Crippen LogP contribution in [0.2, 0.25) is 0 Å². The SMILES string of the molecule is COc1cc(COc2ccc(C(F)(F)F)cc2)ccc1O. The predicted octanol–water partition coefficient (Wildman–Crippen LogP) is 4.00. The first kappa shape index (κ1) is 15.0. The quantitative estimate of drug-likeness (QED) is 0.927. The molecule has 2 aromatic rings. The fourth-order valence-electron chi connectivity index (χ4n) is 1.72. The monoisotopic (exact) mass is 298 g/mol. The van der Waals surface area contributed by atoms with Crippen LogP contribution < -0.4 is 9.47 Å². The summed E-state index contributed by atoms with van der Waals surface area (Å²) >= 11 is 0. The first-order valence-electron chi connectivity index (χ1n) is 6.06. The second kappa shape index (κ2) is 5.95. The van der Waals surface area contributed by atoms with Crippen LogP contribution in [0.4, 0.5) is 13.2 Å². The second-order valence-electron chi connectivity index (χ2n) is 4.32. The molecule has 0 aliphatic heterocycles. The van der Waals surface area contributed by atoms with E-state index in [2.05, 4.69) is 0 Å². The smallest absolute Gasteiger partial charge is 0.416 e. The average Bonchev–Trinajstić information content (AvgIpc) is 2.46. The number of phenols is 1. The summed E-state index contributed by atoms with van der Waals surface area (Å²) in [6.45, 7) is 0.155. The van der Waals surface area contributed by atoms with E-state index in [1.165, 1.54) is 25.3 Å². The number of halogens is 3. The molecular formula is C15H13F3O3. The molecule has 21 heavy (non-hydrogen) atoms. The molecule has 0 aliphatic rings. The van der Waals surface area contributed by atoms with Gasteiger partial charge in [-0.3, -0.25) is 0 Å². The van der Waals surface area contributed by atoms with E-state index in [1.807, 2.05) is 0 Å². The fourth-order valence-corrected chi connectivity index (χ4v) is 1.72. The Hall–Kier alpha value is -2.37. The molecule has 112 valence electrons. The van der Waals surface area contributed by atoms with E-state index in [9.17, 15) is 18.3 Å². The minimum Gasteiger partial charge on any atom is -0.504 e. The van der Waals surface area contributed by atoms with Gasteiger partial charge >= 0.3 is 6.18 Å². The number of rotatable bonds is 4. The number of aromatic hydroxyl groups is 1. The predicted molar refractivity (Wildman–Crippen MR) is 70.4 cm³/mol. The summed E-state index contributed by atoms with van der Waals surface area (Å²) in [5.74, 6) is 0.648. The Kier molecular flexibility index (Phi) is 4.26. The average molecular weight is 298 g/mol. The molecular weight excluding hydrogens is 285 g/mol. The maximum absolute atomic E-state index is 12.4. The van der Waals surface area contributed by atoms with Crippen molar-refractivity contribution in [1.82, 2.24) is 0 Å². The van der Waals surface area contributed by atoms with Crippen LogP contribution in [0.1, 0.15) is 11.1 Å². The van der Waals surface area contributed by atoms with E-state index in [0.29, 0.717) is 11.5 Å². The largest absolute Gasteiger partial charge is 0.504 e. The fraction of sp³-hybridized carbons (Fsp3) is 0.200. The molecule has 2 aromatic carbocycles. The van der Waals surface area contributed by atoms with Crippen molar-refractivity contribution in [3.8, 4) is 17.2 Å². The van der Waals surface area contributed by atoms with E-state index in [-0.39, 0.29) is 12.4 Å². The van der Waals surface area contributed by atoms with Gasteiger partial charge in [0.25, 0.3) is 0 Å². The molecule has 0 saturated carbocycles. The van der Waals surface area contributed by atoms with Gasteiger partial charge in [-0.25, -0.2) is 0 Å². The highest BCUT2D eigenvalue weighted by Crippen LogP contribution is 2.31. The van der Waals surface area contributed by atoms with Crippen LogP contribution in [0.3, 0.4) is 0 Å². The highest BCUT2D eigenvalue weighted by molar-refractivity contribution is 5.41. The van der Waals surface area contributed by atoms with E-state index >= 15 is 0 Å². The van der Waals surface area contributed by atoms with E-state index in [0.717, 1.165) is 17.7 Å². The highest BCUT2D eigenvalue weighted by Gasteiger charge is 2.29. The maximum atomic E-state index is 12.4. The molecule has 0 atom stereocenters. The lowest BCUT2D eigenvalue weighted by Gasteiger charge is -2.10. The zero-order valence-electron chi connectivity index (χ0n) is 11.1. The van der Waals surface area contributed by atoms with Crippen molar-refractivity contribution in [2.45, 2.75) is 12.8 Å². The van der Waals surface area contributed by atoms with Crippen molar-refractivity contribution in [2.24, 2.45) is 0 Å². The normalized spacial score (nSPS) is 11.2. The summed E-state index contributed by atoms with van der Waals surface area (Å²) in [5, 5.41) is 9.45. The number of methoxy groups -OCH3 is 1. The van der Waals surface area contributed by atoms with Crippen molar-refractivity contribution in [2.75, 3.05) is 7.11 Å². The lowest BCUT2D eigenvalue weighted by Crippen LogP contribution is -2.04. The van der Waals surface area contributed by atoms with Gasteiger partial charge in [0, 0.05) is 0 Å². The Balaban J connectivity index is 2.03. The van der Waals surface area contributed by atoms with Crippen LogP contribution in [0, 0.1) is 0 Å². The molecule has 3 nitrogen and oxygen atoms in total. The van der Waals surface area contributed by atoms with Crippen molar-refractivity contribution in [3.63, 3.8) is 0 Å². The van der Waals surface area contributed by atoms with E-state index in [1.54, 1.807) is 12.1 Å². The van der Waals surface area contributed by atoms with E-state index < -0.39 is 11.7 Å². The third kappa shape index (κ3) is 3.81. The molecule has 2 rings (SSSR count). The topological polar surface area (TPSA) is 38.7 Å². The first-order valence-corrected chi connectivity index (χ1v) is 6.06. The molecule has 0 aromatic heterocycles. The van der Waals surface area contributed by atoms with Gasteiger partial charge in [0.2, 0.25) is 0 Å². The summed E-state index contributed by atoms with van der Waals surface area (Å²) in [5.41, 5.74) is 0.00528. The molecule has 0 aliphatic carbocycles. The summed E-state index contributed by atoms with van der Waals surface area (Å²) in [4.78, 5) is 0. The number of ether oxygens (including phenoxy) is 2. The number of phenolic OH excluding ortho intramolecular Hbond substituents is 1. The third-order valence-electron chi connectivity index (χ3n) is 2.83. The van der Waals surface area contributed by atoms with Crippen LogP contribution in [0.25, 0.3) is 0 Å². The van der Waals surface area contributed by atoms with E-state index in [4.69, 9.17) is 9.47 Å². The molecule has 0 heterocycles. The van der Waals surface area contributed by atoms with Gasteiger partial charge in [-0.1, -0.05) is 6.07 Å². The van der Waals surface area contributed by atoms with Gasteiger partial charge in [0.1, 0.15) is 12.4 Å². The van der Waals surface area contributed by atoms with Gasteiger partial charge in [-0.05, 0) is 42.0 Å². The highest BCUT2D eigenvalue weighted by atomic mass is 19.4. The molecule has 0 saturated heterocycles. The third-order valence-corrected chi connectivity index (χ3v) is 2.83. The van der Waals surface area contributed by atoms with Crippen LogP contribution in [-0.4, -0.2) is 12.2 Å². The Labute approximate surface area is 119 Å². The Morgan fingerprint density at radius 1 is 1.05 bits per heavy atom. The van der Waals surface area contributed by atoms with Gasteiger partial charge in [0.05, 0.1) is 12.7 Å². The molecule has 0 fully saturated rings. The van der Waals surface area contributed by atoms with Crippen LogP contribution in [-0.2, 0) is 12.8 Å². The van der Waals surface area contributed by atoms with Gasteiger partial charge < -0.3 is 14.6 Å². The summed E-state index contributed by atoms with van der Waals surface area (Å²) in [6, 6.07) is 9.16. The first-order chi connectivity index (χ1) is 9.90. The number of alkyl halides is 3. The Bertz CT molecular complexity index is 607. The molecule has 6 heteroatoms.